The number of esters is 1. The van der Waals surface area contributed by atoms with Crippen molar-refractivity contribution in [2.45, 2.75) is 19.8 Å². The van der Waals surface area contributed by atoms with Crippen LogP contribution in [-0.2, 0) is 9.53 Å². The molecule has 11 nitrogen and oxygen atoms in total. The van der Waals surface area contributed by atoms with Crippen LogP contribution in [0.1, 0.15) is 30.1 Å². The zero-order chi connectivity index (χ0) is 21.7. The highest BCUT2D eigenvalue weighted by molar-refractivity contribution is 5.90. The van der Waals surface area contributed by atoms with E-state index in [0.717, 1.165) is 0 Å². The van der Waals surface area contributed by atoms with Crippen LogP contribution in [0.15, 0.2) is 30.6 Å². The molecule has 2 N–H and O–H groups in total. The maximum atomic E-state index is 11.8. The second-order valence-corrected chi connectivity index (χ2v) is 6.67. The maximum absolute atomic E-state index is 11.8. The molecule has 1 fully saturated rings. The fourth-order valence-corrected chi connectivity index (χ4v) is 3.24. The molecule has 1 aromatic carbocycles. The number of rotatable bonds is 7. The van der Waals surface area contributed by atoms with E-state index in [1.807, 2.05) is 0 Å². The standard InChI is InChI=1S/C19H21N5O6/c1-2-30-19(27)13-3-5-14(6-4-13)22-16-15(24(28)29)17(21-11-20-16)23-9-7-12(8-10-23)18(25)26/h3-6,11-12H,2,7-10H2,1H3,(H,25,26)(H,20,21,22). The second-order valence-electron chi connectivity index (χ2n) is 6.67. The van der Waals surface area contributed by atoms with Gasteiger partial charge in [-0.3, -0.25) is 14.9 Å². The molecule has 0 amide bonds. The van der Waals surface area contributed by atoms with Gasteiger partial charge in [-0.2, -0.15) is 0 Å². The predicted octanol–water partition coefficient (Wildman–Crippen LogP) is 2.61. The van der Waals surface area contributed by atoms with Crippen LogP contribution < -0.4 is 10.2 Å². The number of hydrogen-bond acceptors (Lipinski definition) is 9. The third-order valence-electron chi connectivity index (χ3n) is 4.79. The Bertz CT molecular complexity index is 941. The van der Waals surface area contributed by atoms with E-state index in [4.69, 9.17) is 9.84 Å². The van der Waals surface area contributed by atoms with Crippen LogP contribution in [0.25, 0.3) is 0 Å². The molecule has 1 saturated heterocycles. The number of ether oxygens (including phenoxy) is 1. The molecule has 0 unspecified atom stereocenters. The number of aliphatic carboxylic acids is 1. The summed E-state index contributed by atoms with van der Waals surface area (Å²) in [6.45, 7) is 2.67. The Morgan fingerprint density at radius 3 is 2.50 bits per heavy atom. The highest BCUT2D eigenvalue weighted by Crippen LogP contribution is 2.35. The summed E-state index contributed by atoms with van der Waals surface area (Å²) in [7, 11) is 0. The van der Waals surface area contributed by atoms with Gasteiger partial charge < -0.3 is 20.1 Å². The van der Waals surface area contributed by atoms with E-state index in [1.165, 1.54) is 6.33 Å². The quantitative estimate of drug-likeness (QED) is 0.393. The number of nitrogens with zero attached hydrogens (tertiary/aromatic N) is 4. The van der Waals surface area contributed by atoms with Gasteiger partial charge in [0.1, 0.15) is 6.33 Å². The van der Waals surface area contributed by atoms with Gasteiger partial charge in [-0.1, -0.05) is 0 Å². The first kappa shape index (κ1) is 21.0. The fourth-order valence-electron chi connectivity index (χ4n) is 3.24. The number of aromatic nitrogens is 2. The molecule has 1 aliphatic heterocycles. The first-order valence-corrected chi connectivity index (χ1v) is 9.42. The molecule has 3 rings (SSSR count). The van der Waals surface area contributed by atoms with Gasteiger partial charge in [0.2, 0.25) is 11.6 Å². The van der Waals surface area contributed by atoms with E-state index >= 15 is 0 Å². The summed E-state index contributed by atoms with van der Waals surface area (Å²) < 4.78 is 4.93. The second kappa shape index (κ2) is 9.16. The van der Waals surface area contributed by atoms with Crippen molar-refractivity contribution in [1.29, 1.82) is 0 Å². The lowest BCUT2D eigenvalue weighted by Crippen LogP contribution is -2.37. The molecular formula is C19H21N5O6. The molecule has 0 bridgehead atoms. The normalized spacial score (nSPS) is 14.2. The Morgan fingerprint density at radius 1 is 1.27 bits per heavy atom. The van der Waals surface area contributed by atoms with Crippen LogP contribution in [0.5, 0.6) is 0 Å². The summed E-state index contributed by atoms with van der Waals surface area (Å²) in [5.74, 6) is -1.62. The molecule has 1 aliphatic rings. The van der Waals surface area contributed by atoms with Gasteiger partial charge in [0.15, 0.2) is 0 Å². The minimum Gasteiger partial charge on any atom is -0.481 e. The highest BCUT2D eigenvalue weighted by atomic mass is 16.6. The highest BCUT2D eigenvalue weighted by Gasteiger charge is 2.31. The summed E-state index contributed by atoms with van der Waals surface area (Å²) >= 11 is 0. The number of nitro groups is 1. The van der Waals surface area contributed by atoms with Crippen molar-refractivity contribution in [3.63, 3.8) is 0 Å². The van der Waals surface area contributed by atoms with Crippen LogP contribution in [-0.4, -0.2) is 51.6 Å². The van der Waals surface area contributed by atoms with E-state index in [9.17, 15) is 19.7 Å². The first-order chi connectivity index (χ1) is 14.4. The summed E-state index contributed by atoms with van der Waals surface area (Å²) in [5.41, 5.74) is 0.572. The van der Waals surface area contributed by atoms with Gasteiger partial charge in [-0.05, 0) is 44.0 Å². The van der Waals surface area contributed by atoms with Crippen molar-refractivity contribution < 1.29 is 24.4 Å². The maximum Gasteiger partial charge on any atom is 0.353 e. The average Bonchev–Trinajstić information content (AvgIpc) is 2.74. The molecule has 0 spiro atoms. The van der Waals surface area contributed by atoms with Gasteiger partial charge in [0.05, 0.1) is 23.0 Å². The molecule has 0 atom stereocenters. The Morgan fingerprint density at radius 2 is 1.93 bits per heavy atom. The van der Waals surface area contributed by atoms with Crippen LogP contribution >= 0.6 is 0 Å². The van der Waals surface area contributed by atoms with Crippen molar-refractivity contribution >= 4 is 34.9 Å². The topological polar surface area (TPSA) is 148 Å². The summed E-state index contributed by atoms with van der Waals surface area (Å²) in [6.07, 6.45) is 1.99. The number of carbonyl (C=O) groups is 2. The minimum absolute atomic E-state index is 0.00856. The monoisotopic (exact) mass is 415 g/mol. The Kier molecular flexibility index (Phi) is 6.40. The van der Waals surface area contributed by atoms with Crippen molar-refractivity contribution in [3.05, 3.63) is 46.3 Å². The van der Waals surface area contributed by atoms with Crippen molar-refractivity contribution in [2.24, 2.45) is 5.92 Å². The molecule has 2 heterocycles. The molecular weight excluding hydrogens is 394 g/mol. The van der Waals surface area contributed by atoms with E-state index in [1.54, 1.807) is 36.1 Å². The van der Waals surface area contributed by atoms with E-state index in [2.05, 4.69) is 15.3 Å². The van der Waals surface area contributed by atoms with Crippen molar-refractivity contribution in [3.8, 4) is 0 Å². The molecule has 158 valence electrons. The molecule has 1 aromatic heterocycles. The van der Waals surface area contributed by atoms with Gasteiger partial charge in [0, 0.05) is 18.8 Å². The molecule has 11 heteroatoms. The zero-order valence-electron chi connectivity index (χ0n) is 16.3. The van der Waals surface area contributed by atoms with E-state index in [-0.39, 0.29) is 23.9 Å². The SMILES string of the molecule is CCOC(=O)c1ccc(Nc2ncnc(N3CCC(C(=O)O)CC3)c2[N+](=O)[O-])cc1. The lowest BCUT2D eigenvalue weighted by Gasteiger charge is -2.30. The van der Waals surface area contributed by atoms with E-state index < -0.39 is 22.8 Å². The number of carbonyl (C=O) groups excluding carboxylic acids is 1. The van der Waals surface area contributed by atoms with Crippen LogP contribution in [0, 0.1) is 16.0 Å². The van der Waals surface area contributed by atoms with Crippen molar-refractivity contribution in [1.82, 2.24) is 9.97 Å². The molecule has 30 heavy (non-hydrogen) atoms. The summed E-state index contributed by atoms with van der Waals surface area (Å²) in [6, 6.07) is 6.28. The number of carboxylic acid groups (broad SMARTS) is 1. The van der Waals surface area contributed by atoms with Gasteiger partial charge in [0.25, 0.3) is 0 Å². The first-order valence-electron chi connectivity index (χ1n) is 9.42. The van der Waals surface area contributed by atoms with E-state index in [0.29, 0.717) is 37.2 Å². The Balaban J connectivity index is 1.82. The zero-order valence-corrected chi connectivity index (χ0v) is 16.3. The number of benzene rings is 1. The smallest absolute Gasteiger partial charge is 0.353 e. The molecule has 0 radical (unpaired) electrons. The van der Waals surface area contributed by atoms with Crippen molar-refractivity contribution in [2.75, 3.05) is 29.9 Å². The summed E-state index contributed by atoms with van der Waals surface area (Å²) in [4.78, 5) is 43.9. The van der Waals surface area contributed by atoms with Crippen LogP contribution in [0.2, 0.25) is 0 Å². The molecule has 0 saturated carbocycles. The molecule has 2 aromatic rings. The van der Waals surface area contributed by atoms with Gasteiger partial charge in [-0.25, -0.2) is 14.8 Å². The largest absolute Gasteiger partial charge is 0.481 e. The van der Waals surface area contributed by atoms with Gasteiger partial charge >= 0.3 is 17.6 Å². The van der Waals surface area contributed by atoms with Crippen LogP contribution in [0.4, 0.5) is 23.0 Å². The predicted molar refractivity (Wildman–Crippen MR) is 107 cm³/mol. The average molecular weight is 415 g/mol. The third-order valence-corrected chi connectivity index (χ3v) is 4.79. The lowest BCUT2D eigenvalue weighted by atomic mass is 9.97. The lowest BCUT2D eigenvalue weighted by molar-refractivity contribution is -0.383. The third kappa shape index (κ3) is 4.62. The fraction of sp³-hybridized carbons (Fsp3) is 0.368. The number of hydrogen-bond donors (Lipinski definition) is 2. The molecule has 0 aliphatic carbocycles. The minimum atomic E-state index is -0.861. The Labute approximate surface area is 171 Å². The summed E-state index contributed by atoms with van der Waals surface area (Å²) in [5, 5.41) is 23.8. The van der Waals surface area contributed by atoms with Crippen LogP contribution in [0.3, 0.4) is 0 Å². The number of piperidine rings is 1. The van der Waals surface area contributed by atoms with Gasteiger partial charge in [-0.15, -0.1) is 0 Å². The number of anilines is 3. The number of nitrogens with one attached hydrogen (secondary N) is 1. The Hall–Kier alpha value is -3.76. The number of carboxylic acids is 1.